The Balaban J connectivity index is 1.31. The Kier molecular flexibility index (Phi) is 5.91. The van der Waals surface area contributed by atoms with E-state index >= 15 is 0 Å². The first-order chi connectivity index (χ1) is 15.2. The van der Waals surface area contributed by atoms with E-state index in [4.69, 9.17) is 4.98 Å². The summed E-state index contributed by atoms with van der Waals surface area (Å²) in [6.45, 7) is 0.350. The molecule has 3 aromatic heterocycles. The lowest BCUT2D eigenvalue weighted by molar-refractivity contribution is -0.117. The van der Waals surface area contributed by atoms with E-state index in [1.807, 2.05) is 53.2 Å². The van der Waals surface area contributed by atoms with Gasteiger partial charge in [-0.1, -0.05) is 35.6 Å². The highest BCUT2D eigenvalue weighted by Crippen LogP contribution is 2.42. The molecule has 0 saturated carbocycles. The normalized spacial score (nSPS) is 13.3. The molecule has 0 spiro atoms. The number of hydrogen-bond acceptors (Lipinski definition) is 7. The second-order valence-electron chi connectivity index (χ2n) is 6.75. The molecule has 1 aliphatic rings. The molecule has 1 aliphatic heterocycles. The van der Waals surface area contributed by atoms with Crippen molar-refractivity contribution in [3.63, 3.8) is 0 Å². The highest BCUT2D eigenvalue weighted by molar-refractivity contribution is 8.00. The van der Waals surface area contributed by atoms with Gasteiger partial charge in [-0.05, 0) is 35.0 Å². The smallest absolute Gasteiger partial charge is 0.237 e. The van der Waals surface area contributed by atoms with Gasteiger partial charge in [0, 0.05) is 22.7 Å². The number of carbonyl (C=O) groups is 2. The first-order valence-corrected chi connectivity index (χ1v) is 13.2. The molecule has 0 unspecified atom stereocenters. The lowest BCUT2D eigenvalue weighted by Gasteiger charge is -2.28. The van der Waals surface area contributed by atoms with Crippen LogP contribution in [0.25, 0.3) is 20.3 Å². The molecule has 9 heteroatoms. The van der Waals surface area contributed by atoms with E-state index in [0.29, 0.717) is 17.4 Å². The lowest BCUT2D eigenvalue weighted by atomic mass is 10.2. The second-order valence-corrected chi connectivity index (χ2v) is 10.7. The minimum Gasteiger partial charge on any atom is -0.310 e. The quantitative estimate of drug-likeness (QED) is 0.362. The van der Waals surface area contributed by atoms with E-state index in [-0.39, 0.29) is 18.2 Å². The first-order valence-electron chi connectivity index (χ1n) is 9.59. The number of nitrogens with zero attached hydrogens (tertiary/aromatic N) is 2. The summed E-state index contributed by atoms with van der Waals surface area (Å²) in [4.78, 5) is 35.9. The third kappa shape index (κ3) is 4.31. The van der Waals surface area contributed by atoms with Gasteiger partial charge in [-0.3, -0.25) is 9.59 Å². The van der Waals surface area contributed by atoms with Crippen molar-refractivity contribution in [3.05, 3.63) is 59.3 Å². The van der Waals surface area contributed by atoms with Crippen LogP contribution in [0.1, 0.15) is 6.42 Å². The number of rotatable bonds is 6. The van der Waals surface area contributed by atoms with Gasteiger partial charge in [0.1, 0.15) is 5.69 Å². The number of benzene rings is 1. The Labute approximate surface area is 195 Å². The van der Waals surface area contributed by atoms with Gasteiger partial charge >= 0.3 is 0 Å². The molecule has 0 bridgehead atoms. The van der Waals surface area contributed by atoms with E-state index in [1.54, 1.807) is 39.3 Å². The largest absolute Gasteiger partial charge is 0.310 e. The molecule has 156 valence electrons. The maximum atomic E-state index is 12.7. The van der Waals surface area contributed by atoms with Gasteiger partial charge < -0.3 is 10.2 Å². The van der Waals surface area contributed by atoms with Gasteiger partial charge in [-0.25, -0.2) is 4.98 Å². The molecule has 4 heterocycles. The van der Waals surface area contributed by atoms with Crippen molar-refractivity contribution in [2.75, 3.05) is 22.5 Å². The first kappa shape index (κ1) is 20.4. The summed E-state index contributed by atoms with van der Waals surface area (Å²) in [5.74, 6) is 0.290. The average Bonchev–Trinajstić information content (AvgIpc) is 3.53. The number of thiophene rings is 2. The SMILES string of the molecule is O=C(CCN1C(=O)CSc2ccccc21)Nc1nc(-c2cccs2)c(-c2cccs2)s1. The predicted octanol–water partition coefficient (Wildman–Crippen LogP) is 6.07. The summed E-state index contributed by atoms with van der Waals surface area (Å²) < 4.78 is 0. The van der Waals surface area contributed by atoms with Gasteiger partial charge in [0.25, 0.3) is 0 Å². The number of aromatic nitrogens is 1. The monoisotopic (exact) mass is 483 g/mol. The van der Waals surface area contributed by atoms with Crippen LogP contribution in [0.15, 0.2) is 64.2 Å². The Hall–Kier alpha value is -2.46. The van der Waals surface area contributed by atoms with E-state index in [0.717, 1.165) is 30.9 Å². The zero-order valence-corrected chi connectivity index (χ0v) is 19.5. The van der Waals surface area contributed by atoms with Gasteiger partial charge in [0.2, 0.25) is 11.8 Å². The Morgan fingerprint density at radius 1 is 1.03 bits per heavy atom. The fourth-order valence-electron chi connectivity index (χ4n) is 3.32. The zero-order valence-electron chi connectivity index (χ0n) is 16.2. The van der Waals surface area contributed by atoms with Crippen molar-refractivity contribution in [1.82, 2.24) is 4.98 Å². The average molecular weight is 484 g/mol. The fourth-order valence-corrected chi connectivity index (χ4v) is 6.89. The fraction of sp³-hybridized carbons (Fsp3) is 0.136. The molecule has 1 aromatic carbocycles. The Morgan fingerprint density at radius 3 is 2.58 bits per heavy atom. The zero-order chi connectivity index (χ0) is 21.2. The number of anilines is 2. The molecule has 0 atom stereocenters. The summed E-state index contributed by atoms with van der Waals surface area (Å²) in [7, 11) is 0. The summed E-state index contributed by atoms with van der Waals surface area (Å²) in [5, 5.41) is 7.58. The summed E-state index contributed by atoms with van der Waals surface area (Å²) in [5.41, 5.74) is 1.78. The number of amides is 2. The van der Waals surface area contributed by atoms with Crippen LogP contribution in [-0.2, 0) is 9.59 Å². The summed E-state index contributed by atoms with van der Waals surface area (Å²) in [6.07, 6.45) is 0.215. The van der Waals surface area contributed by atoms with Crippen LogP contribution in [0, 0.1) is 0 Å². The Bertz CT molecular complexity index is 1160. The van der Waals surface area contributed by atoms with E-state index in [2.05, 4.69) is 11.4 Å². The van der Waals surface area contributed by atoms with Crippen LogP contribution in [0.2, 0.25) is 0 Å². The molecule has 1 N–H and O–H groups in total. The number of para-hydroxylation sites is 1. The van der Waals surface area contributed by atoms with E-state index < -0.39 is 0 Å². The topological polar surface area (TPSA) is 62.3 Å². The lowest BCUT2D eigenvalue weighted by Crippen LogP contribution is -2.37. The van der Waals surface area contributed by atoms with Crippen LogP contribution in [-0.4, -0.2) is 29.1 Å². The standard InChI is InChI=1S/C22H17N3O2S4/c26-18(9-10-25-14-5-1-2-6-15(14)30-13-19(25)27)23-22-24-20(16-7-3-11-28-16)21(31-22)17-8-4-12-29-17/h1-8,11-12H,9-10,13H2,(H,23,24,26). The van der Waals surface area contributed by atoms with Crippen molar-refractivity contribution in [1.29, 1.82) is 0 Å². The Morgan fingerprint density at radius 2 is 1.81 bits per heavy atom. The van der Waals surface area contributed by atoms with E-state index in [9.17, 15) is 9.59 Å². The van der Waals surface area contributed by atoms with Crippen LogP contribution in [0.4, 0.5) is 10.8 Å². The molecule has 31 heavy (non-hydrogen) atoms. The maximum Gasteiger partial charge on any atom is 0.237 e. The molecule has 5 rings (SSSR count). The number of fused-ring (bicyclic) bond motifs is 1. The van der Waals surface area contributed by atoms with Crippen LogP contribution >= 0.6 is 45.8 Å². The van der Waals surface area contributed by atoms with Crippen molar-refractivity contribution >= 4 is 68.4 Å². The third-order valence-corrected chi connectivity index (χ3v) is 8.69. The van der Waals surface area contributed by atoms with Gasteiger partial charge in [-0.2, -0.15) is 0 Å². The molecule has 5 nitrogen and oxygen atoms in total. The summed E-state index contributed by atoms with van der Waals surface area (Å²) >= 11 is 6.32. The van der Waals surface area contributed by atoms with E-state index in [1.165, 1.54) is 11.3 Å². The summed E-state index contributed by atoms with van der Waals surface area (Å²) in [6, 6.07) is 15.9. The molecule has 0 radical (unpaired) electrons. The van der Waals surface area contributed by atoms with Crippen molar-refractivity contribution in [2.24, 2.45) is 0 Å². The minimum atomic E-state index is -0.146. The molecule has 2 amide bonds. The molecule has 0 aliphatic carbocycles. The number of hydrogen-bond donors (Lipinski definition) is 1. The predicted molar refractivity (Wildman–Crippen MR) is 132 cm³/mol. The van der Waals surface area contributed by atoms with Gasteiger partial charge in [0.15, 0.2) is 5.13 Å². The van der Waals surface area contributed by atoms with Crippen LogP contribution in [0.3, 0.4) is 0 Å². The number of carbonyl (C=O) groups excluding carboxylic acids is 2. The molecule has 0 fully saturated rings. The number of thioether (sulfide) groups is 1. The van der Waals surface area contributed by atoms with Crippen LogP contribution in [0.5, 0.6) is 0 Å². The highest BCUT2D eigenvalue weighted by atomic mass is 32.2. The molecular weight excluding hydrogens is 467 g/mol. The van der Waals surface area contributed by atoms with Crippen molar-refractivity contribution < 1.29 is 9.59 Å². The van der Waals surface area contributed by atoms with Crippen molar-refractivity contribution in [3.8, 4) is 20.3 Å². The number of nitrogens with one attached hydrogen (secondary N) is 1. The minimum absolute atomic E-state index is 0.0331. The van der Waals surface area contributed by atoms with Crippen LogP contribution < -0.4 is 10.2 Å². The third-order valence-electron chi connectivity index (χ3n) is 4.74. The van der Waals surface area contributed by atoms with Gasteiger partial charge in [-0.15, -0.1) is 34.4 Å². The highest BCUT2D eigenvalue weighted by Gasteiger charge is 2.25. The molecule has 4 aromatic rings. The van der Waals surface area contributed by atoms with Gasteiger partial charge in [0.05, 0.1) is 21.2 Å². The number of thiazole rings is 1. The van der Waals surface area contributed by atoms with Crippen molar-refractivity contribution in [2.45, 2.75) is 11.3 Å². The maximum absolute atomic E-state index is 12.7. The molecule has 0 saturated heterocycles. The molecular formula is C22H17N3O2S4. The second kappa shape index (κ2) is 8.96.